The van der Waals surface area contributed by atoms with E-state index >= 15 is 0 Å². The first-order chi connectivity index (χ1) is 9.63. The second-order valence-electron chi connectivity index (χ2n) is 4.15. The fourth-order valence-electron chi connectivity index (χ4n) is 1.35. The zero-order valence-corrected chi connectivity index (χ0v) is 14.4. The highest BCUT2D eigenvalue weighted by Gasteiger charge is 2.07. The maximum atomic E-state index is 5.65. The minimum absolute atomic E-state index is 0.126. The number of aromatic nitrogens is 2. The lowest BCUT2D eigenvalue weighted by Gasteiger charge is -2.05. The Morgan fingerprint density at radius 1 is 1.35 bits per heavy atom. The molecule has 1 heterocycles. The molecule has 0 atom stereocenters. The Morgan fingerprint density at radius 2 is 2.20 bits per heavy atom. The molecular formula is C13H15BrN2O2S2. The molecule has 7 heteroatoms. The first kappa shape index (κ1) is 15.6. The van der Waals surface area contributed by atoms with Crippen molar-refractivity contribution in [2.24, 2.45) is 0 Å². The van der Waals surface area contributed by atoms with Gasteiger partial charge in [-0.3, -0.25) is 0 Å². The number of halogens is 1. The van der Waals surface area contributed by atoms with Crippen LogP contribution in [0.3, 0.4) is 0 Å². The van der Waals surface area contributed by atoms with Crippen molar-refractivity contribution in [2.75, 3.05) is 12.4 Å². The monoisotopic (exact) mass is 374 g/mol. The Morgan fingerprint density at radius 3 is 2.95 bits per heavy atom. The molecule has 20 heavy (non-hydrogen) atoms. The van der Waals surface area contributed by atoms with Crippen molar-refractivity contribution >= 4 is 39.0 Å². The van der Waals surface area contributed by atoms with Crippen LogP contribution in [0.15, 0.2) is 33.1 Å². The van der Waals surface area contributed by atoms with Crippen LogP contribution < -0.4 is 9.47 Å². The summed E-state index contributed by atoms with van der Waals surface area (Å²) < 4.78 is 13.1. The standard InChI is InChI=1S/C13H15BrN2O2S2/c1-9(2)18-12-15-16-13(20-12)19-7-6-17-11-5-3-4-10(14)8-11/h3-5,8-9H,6-7H2,1-2H3. The quantitative estimate of drug-likeness (QED) is 0.535. The summed E-state index contributed by atoms with van der Waals surface area (Å²) in [5.74, 6) is 1.68. The lowest BCUT2D eigenvalue weighted by Crippen LogP contribution is -2.04. The molecule has 1 aromatic carbocycles. The van der Waals surface area contributed by atoms with Crippen molar-refractivity contribution in [2.45, 2.75) is 24.3 Å². The first-order valence-corrected chi connectivity index (χ1v) is 8.74. The highest BCUT2D eigenvalue weighted by molar-refractivity contribution is 9.10. The van der Waals surface area contributed by atoms with Gasteiger partial charge in [-0.15, -0.1) is 5.10 Å². The first-order valence-electron chi connectivity index (χ1n) is 6.15. The molecule has 108 valence electrons. The van der Waals surface area contributed by atoms with Gasteiger partial charge < -0.3 is 9.47 Å². The molecule has 0 unspecified atom stereocenters. The van der Waals surface area contributed by atoms with Crippen molar-refractivity contribution in [3.05, 3.63) is 28.7 Å². The van der Waals surface area contributed by atoms with Crippen LogP contribution >= 0.6 is 39.0 Å². The molecule has 0 aliphatic heterocycles. The summed E-state index contributed by atoms with van der Waals surface area (Å²) in [5.41, 5.74) is 0. The molecule has 4 nitrogen and oxygen atoms in total. The van der Waals surface area contributed by atoms with E-state index in [9.17, 15) is 0 Å². The van der Waals surface area contributed by atoms with Crippen LogP contribution in [0.1, 0.15) is 13.8 Å². The lowest BCUT2D eigenvalue weighted by atomic mass is 10.3. The third-order valence-electron chi connectivity index (χ3n) is 2.10. The average Bonchev–Trinajstić information content (AvgIpc) is 2.81. The Hall–Kier alpha value is -0.790. The fraction of sp³-hybridized carbons (Fsp3) is 0.385. The van der Waals surface area contributed by atoms with Crippen LogP contribution in [0.2, 0.25) is 0 Å². The van der Waals surface area contributed by atoms with Crippen LogP contribution in [0, 0.1) is 0 Å². The molecule has 0 fully saturated rings. The molecule has 0 saturated heterocycles. The summed E-state index contributed by atoms with van der Waals surface area (Å²) >= 11 is 6.50. The van der Waals surface area contributed by atoms with Crippen molar-refractivity contribution < 1.29 is 9.47 Å². The number of nitrogens with zero attached hydrogens (tertiary/aromatic N) is 2. The number of thioether (sulfide) groups is 1. The molecule has 0 radical (unpaired) electrons. The van der Waals surface area contributed by atoms with E-state index in [0.29, 0.717) is 11.8 Å². The summed E-state index contributed by atoms with van der Waals surface area (Å²) in [5, 5.41) is 8.68. The zero-order chi connectivity index (χ0) is 14.4. The van der Waals surface area contributed by atoms with Gasteiger partial charge in [-0.1, -0.05) is 38.9 Å². The fourth-order valence-corrected chi connectivity index (χ4v) is 3.42. The van der Waals surface area contributed by atoms with Crippen LogP contribution in [-0.2, 0) is 0 Å². The van der Waals surface area contributed by atoms with E-state index in [-0.39, 0.29) is 6.10 Å². The second-order valence-corrected chi connectivity index (χ2v) is 7.35. The molecule has 0 spiro atoms. The SMILES string of the molecule is CC(C)Oc1nnc(SCCOc2cccc(Br)c2)s1. The van der Waals surface area contributed by atoms with Gasteiger partial charge in [-0.25, -0.2) is 0 Å². The van der Waals surface area contributed by atoms with E-state index in [2.05, 4.69) is 26.1 Å². The molecule has 0 N–H and O–H groups in total. The summed E-state index contributed by atoms with van der Waals surface area (Å²) in [7, 11) is 0. The van der Waals surface area contributed by atoms with Gasteiger partial charge in [0, 0.05) is 10.2 Å². The second kappa shape index (κ2) is 7.85. The predicted octanol–water partition coefficient (Wildman–Crippen LogP) is 4.26. The predicted molar refractivity (Wildman–Crippen MR) is 86.0 cm³/mol. The number of hydrogen-bond donors (Lipinski definition) is 0. The molecule has 0 aliphatic carbocycles. The van der Waals surface area contributed by atoms with E-state index in [1.807, 2.05) is 38.1 Å². The Kier molecular flexibility index (Phi) is 6.12. The number of hydrogen-bond acceptors (Lipinski definition) is 6. The molecule has 0 amide bonds. The van der Waals surface area contributed by atoms with Gasteiger partial charge in [-0.2, -0.15) is 0 Å². The molecule has 0 saturated carbocycles. The normalized spacial score (nSPS) is 10.8. The van der Waals surface area contributed by atoms with E-state index in [1.165, 1.54) is 11.3 Å². The molecular weight excluding hydrogens is 360 g/mol. The Balaban J connectivity index is 1.72. The third-order valence-corrected chi connectivity index (χ3v) is 4.50. The number of benzene rings is 1. The van der Waals surface area contributed by atoms with Crippen LogP contribution in [0.5, 0.6) is 10.9 Å². The largest absolute Gasteiger partial charge is 0.493 e. The van der Waals surface area contributed by atoms with Crippen molar-refractivity contribution in [1.82, 2.24) is 10.2 Å². The van der Waals surface area contributed by atoms with Gasteiger partial charge in [0.05, 0.1) is 12.7 Å². The lowest BCUT2D eigenvalue weighted by molar-refractivity contribution is 0.239. The van der Waals surface area contributed by atoms with Gasteiger partial charge in [0.15, 0.2) is 4.34 Å². The van der Waals surface area contributed by atoms with E-state index < -0.39 is 0 Å². The van der Waals surface area contributed by atoms with Crippen molar-refractivity contribution in [3.8, 4) is 10.9 Å². The van der Waals surface area contributed by atoms with E-state index in [0.717, 1.165) is 20.3 Å². The molecule has 1 aromatic heterocycles. The van der Waals surface area contributed by atoms with E-state index in [1.54, 1.807) is 11.8 Å². The van der Waals surface area contributed by atoms with Gasteiger partial charge in [-0.05, 0) is 43.4 Å². The minimum atomic E-state index is 0.126. The summed E-state index contributed by atoms with van der Waals surface area (Å²) in [6, 6.07) is 7.81. The summed E-state index contributed by atoms with van der Waals surface area (Å²) in [6.07, 6.45) is 0.126. The molecule has 2 rings (SSSR count). The maximum absolute atomic E-state index is 5.65. The summed E-state index contributed by atoms with van der Waals surface area (Å²) in [4.78, 5) is 0. The van der Waals surface area contributed by atoms with E-state index in [4.69, 9.17) is 9.47 Å². The van der Waals surface area contributed by atoms with Gasteiger partial charge >= 0.3 is 0 Å². The zero-order valence-electron chi connectivity index (χ0n) is 11.2. The molecule has 0 aliphatic rings. The molecule has 2 aromatic rings. The van der Waals surface area contributed by atoms with Crippen LogP contribution in [-0.4, -0.2) is 28.7 Å². The summed E-state index contributed by atoms with van der Waals surface area (Å²) in [6.45, 7) is 4.57. The minimum Gasteiger partial charge on any atom is -0.493 e. The smallest absolute Gasteiger partial charge is 0.295 e. The number of ether oxygens (including phenoxy) is 2. The average molecular weight is 375 g/mol. The topological polar surface area (TPSA) is 44.2 Å². The van der Waals surface area contributed by atoms with Gasteiger partial charge in [0.1, 0.15) is 5.75 Å². The number of rotatable bonds is 7. The van der Waals surface area contributed by atoms with Crippen LogP contribution in [0.25, 0.3) is 0 Å². The highest BCUT2D eigenvalue weighted by atomic mass is 79.9. The van der Waals surface area contributed by atoms with Crippen molar-refractivity contribution in [1.29, 1.82) is 0 Å². The highest BCUT2D eigenvalue weighted by Crippen LogP contribution is 2.27. The van der Waals surface area contributed by atoms with Crippen molar-refractivity contribution in [3.63, 3.8) is 0 Å². The Labute approximate surface area is 135 Å². The van der Waals surface area contributed by atoms with Gasteiger partial charge in [0.25, 0.3) is 5.19 Å². The van der Waals surface area contributed by atoms with Crippen LogP contribution in [0.4, 0.5) is 0 Å². The van der Waals surface area contributed by atoms with Gasteiger partial charge in [0.2, 0.25) is 0 Å². The Bertz CT molecular complexity index is 549. The molecule has 0 bridgehead atoms. The maximum Gasteiger partial charge on any atom is 0.295 e. The third kappa shape index (κ3) is 5.30.